The van der Waals surface area contributed by atoms with Gasteiger partial charge in [0, 0.05) is 78.2 Å². The predicted molar refractivity (Wildman–Crippen MR) is 140 cm³/mol. The van der Waals surface area contributed by atoms with E-state index in [9.17, 15) is 58.8 Å². The second-order valence-electron chi connectivity index (χ2n) is 8.82. The quantitative estimate of drug-likeness (QED) is 0.109. The van der Waals surface area contributed by atoms with Crippen LogP contribution in [0.1, 0.15) is 16.7 Å². The standard InChI is InChI=1S/C26H24N4O12.2Y/c1-11-8-13(3)16(9-12(11)2)30-20(34)26(23(39)40,24(41)42)19(33)29-15-7-5-6-14(10-15)28-18(32)25(21(35)36,22(37)38)17(31)27-4;;/h5,8-10H,1-4H3,(H,27,31)(H,28,32)(H,29,33)(H,30,34)(H,35,36)(H,37,38)(H,39,40)(H,41,42);;/q-2;;. The zero-order chi connectivity index (χ0) is 32.2. The maximum atomic E-state index is 13.1. The van der Waals surface area contributed by atoms with Gasteiger partial charge in [-0.15, -0.1) is 0 Å². The normalized spacial score (nSPS) is 10.5. The van der Waals surface area contributed by atoms with Crippen molar-refractivity contribution in [3.8, 4) is 0 Å². The molecule has 0 bridgehead atoms. The minimum Gasteiger partial charge on any atom is -0.480 e. The van der Waals surface area contributed by atoms with Gasteiger partial charge in [-0.3, -0.25) is 19.2 Å². The van der Waals surface area contributed by atoms with E-state index >= 15 is 0 Å². The number of carbonyl (C=O) groups is 8. The van der Waals surface area contributed by atoms with Crippen LogP contribution in [0.5, 0.6) is 0 Å². The van der Waals surface area contributed by atoms with Gasteiger partial charge >= 0.3 is 34.7 Å². The van der Waals surface area contributed by atoms with E-state index in [1.165, 1.54) is 6.07 Å². The molecule has 0 saturated heterocycles. The van der Waals surface area contributed by atoms with Crippen LogP contribution in [0.2, 0.25) is 0 Å². The number of hydrogen-bond acceptors (Lipinski definition) is 8. The zero-order valence-electron chi connectivity index (χ0n) is 23.5. The number of nitrogens with one attached hydrogen (secondary N) is 4. The second-order valence-corrected chi connectivity index (χ2v) is 8.82. The number of carboxylic acid groups (broad SMARTS) is 4. The second kappa shape index (κ2) is 15.9. The van der Waals surface area contributed by atoms with Gasteiger partial charge in [-0.1, -0.05) is 6.07 Å². The summed E-state index contributed by atoms with van der Waals surface area (Å²) in [6.07, 6.45) is 0. The molecule has 0 unspecified atom stereocenters. The van der Waals surface area contributed by atoms with Gasteiger partial charge in [0.15, 0.2) is 0 Å². The maximum Gasteiger partial charge on any atom is 0.340 e. The molecule has 2 aromatic rings. The van der Waals surface area contributed by atoms with Crippen LogP contribution in [-0.4, -0.2) is 75.0 Å². The van der Waals surface area contributed by atoms with Crippen LogP contribution < -0.4 is 21.3 Å². The van der Waals surface area contributed by atoms with Crippen molar-refractivity contribution in [1.82, 2.24) is 5.32 Å². The molecule has 0 atom stereocenters. The van der Waals surface area contributed by atoms with Gasteiger partial charge in [-0.05, 0) is 43.5 Å². The predicted octanol–water partition coefficient (Wildman–Crippen LogP) is -0.220. The summed E-state index contributed by atoms with van der Waals surface area (Å²) in [6, 6.07) is 9.36. The number of carbonyl (C=O) groups excluding carboxylic acids is 4. The fourth-order valence-electron chi connectivity index (χ4n) is 3.66. The maximum absolute atomic E-state index is 13.1. The third-order valence-corrected chi connectivity index (χ3v) is 6.20. The van der Waals surface area contributed by atoms with Crippen molar-refractivity contribution >= 4 is 64.6 Å². The van der Waals surface area contributed by atoms with E-state index in [0.717, 1.165) is 24.7 Å². The number of aliphatic carboxylic acids is 4. The summed E-state index contributed by atoms with van der Waals surface area (Å²) in [4.78, 5) is 98.6. The first kappa shape index (κ1) is 40.4. The molecule has 2 aromatic carbocycles. The van der Waals surface area contributed by atoms with E-state index in [1.807, 2.05) is 10.6 Å². The van der Waals surface area contributed by atoms with Crippen LogP contribution in [0.15, 0.2) is 24.3 Å². The monoisotopic (exact) mass is 762 g/mol. The van der Waals surface area contributed by atoms with Crippen molar-refractivity contribution < 1.29 is 124 Å². The van der Waals surface area contributed by atoms with E-state index in [2.05, 4.69) is 17.4 Å². The van der Waals surface area contributed by atoms with Crippen LogP contribution in [0.4, 0.5) is 17.1 Å². The molecular weight excluding hydrogens is 738 g/mol. The Bertz CT molecular complexity index is 1510. The van der Waals surface area contributed by atoms with Crippen molar-refractivity contribution in [3.63, 3.8) is 0 Å². The zero-order valence-corrected chi connectivity index (χ0v) is 29.2. The summed E-state index contributed by atoms with van der Waals surface area (Å²) in [5, 5.41) is 46.0. The van der Waals surface area contributed by atoms with Crippen LogP contribution in [-0.2, 0) is 104 Å². The number of carboxylic acids is 4. The first-order valence-electron chi connectivity index (χ1n) is 11.6. The van der Waals surface area contributed by atoms with Crippen LogP contribution in [0, 0.1) is 43.7 Å². The molecule has 228 valence electrons. The average molecular weight is 762 g/mol. The van der Waals surface area contributed by atoms with Gasteiger partial charge in [0.2, 0.25) is 0 Å². The van der Waals surface area contributed by atoms with Gasteiger partial charge in [-0.2, -0.15) is 11.4 Å². The molecule has 0 aliphatic heterocycles. The van der Waals surface area contributed by atoms with Gasteiger partial charge < -0.3 is 59.9 Å². The average Bonchev–Trinajstić information content (AvgIpc) is 2.87. The summed E-state index contributed by atoms with van der Waals surface area (Å²) >= 11 is 0. The summed E-state index contributed by atoms with van der Waals surface area (Å²) in [5.74, 6) is -16.5. The fourth-order valence-corrected chi connectivity index (χ4v) is 3.66. The molecular formula is C26H24N4O12Y2-2. The number of rotatable bonds is 11. The van der Waals surface area contributed by atoms with Crippen LogP contribution in [0.25, 0.3) is 0 Å². The van der Waals surface area contributed by atoms with Gasteiger partial charge in [-0.25, -0.2) is 25.2 Å². The molecule has 0 spiro atoms. The van der Waals surface area contributed by atoms with Crippen molar-refractivity contribution in [3.05, 3.63) is 53.1 Å². The van der Waals surface area contributed by atoms with E-state index in [1.54, 1.807) is 32.2 Å². The first-order valence-corrected chi connectivity index (χ1v) is 11.6. The summed E-state index contributed by atoms with van der Waals surface area (Å²) in [5.41, 5.74) is -6.48. The molecule has 18 heteroatoms. The Labute approximate surface area is 299 Å². The van der Waals surface area contributed by atoms with Gasteiger partial charge in [0.25, 0.3) is 23.6 Å². The van der Waals surface area contributed by atoms with Crippen molar-refractivity contribution in [1.29, 1.82) is 0 Å². The summed E-state index contributed by atoms with van der Waals surface area (Å²) in [6.45, 7) is 5.01. The molecule has 44 heavy (non-hydrogen) atoms. The Hall–Kier alpha value is -3.59. The Kier molecular flexibility index (Phi) is 14.6. The number of benzene rings is 2. The van der Waals surface area contributed by atoms with E-state index in [4.69, 9.17) is 0 Å². The molecule has 0 aliphatic rings. The molecule has 2 radical (unpaired) electrons. The van der Waals surface area contributed by atoms with Gasteiger partial charge in [0.1, 0.15) is 0 Å². The van der Waals surface area contributed by atoms with Crippen LogP contribution in [0.3, 0.4) is 0 Å². The van der Waals surface area contributed by atoms with E-state index < -0.39 is 69.7 Å². The molecule has 4 amide bonds. The number of anilines is 3. The smallest absolute Gasteiger partial charge is 0.340 e. The molecule has 16 nitrogen and oxygen atoms in total. The molecule has 2 rings (SSSR count). The van der Waals surface area contributed by atoms with E-state index in [-0.39, 0.29) is 71.1 Å². The molecule has 0 fully saturated rings. The number of amides is 4. The molecule has 0 heterocycles. The first-order chi connectivity index (χ1) is 19.5. The molecule has 0 saturated carbocycles. The third kappa shape index (κ3) is 7.54. The largest absolute Gasteiger partial charge is 0.480 e. The Morgan fingerprint density at radius 1 is 0.568 bits per heavy atom. The topological polar surface area (TPSA) is 266 Å². The van der Waals surface area contributed by atoms with Crippen molar-refractivity contribution in [2.45, 2.75) is 20.8 Å². The SMILES string of the molecule is CNC(=O)C(C(=O)O)(C(=O)O)C(=O)Nc1[c-]c[c-]c(NC(=O)C(C(=O)O)(C(=O)O)C(=O)Nc2cc(C)c(C)cc2C)c1.[Y].[Y]. The number of hydrogen-bond donors (Lipinski definition) is 8. The third-order valence-electron chi connectivity index (χ3n) is 6.20. The Balaban J connectivity index is 0.00000924. The van der Waals surface area contributed by atoms with Crippen molar-refractivity contribution in [2.24, 2.45) is 10.8 Å². The fraction of sp³-hybridized carbons (Fsp3) is 0.231. The Morgan fingerprint density at radius 2 is 0.932 bits per heavy atom. The minimum atomic E-state index is -3.73. The summed E-state index contributed by atoms with van der Waals surface area (Å²) < 4.78 is 0. The Morgan fingerprint density at radius 3 is 1.32 bits per heavy atom. The minimum absolute atomic E-state index is 0. The molecule has 0 aliphatic carbocycles. The van der Waals surface area contributed by atoms with Gasteiger partial charge in [0.05, 0.1) is 0 Å². The van der Waals surface area contributed by atoms with Crippen molar-refractivity contribution in [2.75, 3.05) is 23.0 Å². The summed E-state index contributed by atoms with van der Waals surface area (Å²) in [7, 11) is 0.891. The molecule has 8 N–H and O–H groups in total. The number of aryl methyl sites for hydroxylation is 3. The van der Waals surface area contributed by atoms with Crippen LogP contribution >= 0.6 is 0 Å². The van der Waals surface area contributed by atoms with E-state index in [0.29, 0.717) is 11.1 Å². The molecule has 0 aromatic heterocycles.